The topological polar surface area (TPSA) is 66.4 Å². The second kappa shape index (κ2) is 5.31. The lowest BCUT2D eigenvalue weighted by Gasteiger charge is -2.12. The maximum atomic E-state index is 10.9. The maximum absolute atomic E-state index is 10.9. The van der Waals surface area contributed by atoms with Crippen LogP contribution in [0.25, 0.3) is 0 Å². The Kier molecular flexibility index (Phi) is 5.16. The summed E-state index contributed by atoms with van der Waals surface area (Å²) in [6.45, 7) is 1.57. The van der Waals surface area contributed by atoms with Crippen LogP contribution in [0.4, 0.5) is 0 Å². The minimum absolute atomic E-state index is 0.0710. The lowest BCUT2D eigenvalue weighted by atomic mass is 10.3. The van der Waals surface area contributed by atoms with Crippen molar-refractivity contribution in [3.63, 3.8) is 0 Å². The lowest BCUT2D eigenvalue weighted by molar-refractivity contribution is -0.140. The summed E-state index contributed by atoms with van der Waals surface area (Å²) in [5, 5.41) is 10.3. The van der Waals surface area contributed by atoms with Crippen LogP contribution in [0.1, 0.15) is 6.92 Å². The first-order valence-electron chi connectivity index (χ1n) is 3.31. The third kappa shape index (κ3) is 3.87. The van der Waals surface area contributed by atoms with Crippen molar-refractivity contribution in [1.82, 2.24) is 5.32 Å². The first-order valence-corrected chi connectivity index (χ1v) is 4.46. The van der Waals surface area contributed by atoms with Crippen molar-refractivity contribution in [3.05, 3.63) is 0 Å². The quantitative estimate of drug-likeness (QED) is 0.485. The Balaban J connectivity index is 4.03. The van der Waals surface area contributed by atoms with Gasteiger partial charge in [0.15, 0.2) is 0 Å². The molecule has 0 fully saturated rings. The van der Waals surface area contributed by atoms with Gasteiger partial charge in [-0.3, -0.25) is 4.79 Å². The van der Waals surface area contributed by atoms with Crippen LogP contribution < -0.4 is 5.32 Å². The molecular weight excluding hydrogens is 198 g/mol. The fraction of sp³-hybridized carbons (Fsp3) is 0.667. The first-order chi connectivity index (χ1) is 5.49. The van der Waals surface area contributed by atoms with E-state index in [4.69, 9.17) is 5.11 Å². The molecule has 1 unspecified atom stereocenters. The van der Waals surface area contributed by atoms with E-state index in [9.17, 15) is 9.59 Å². The Morgan fingerprint density at radius 1 is 1.58 bits per heavy atom. The monoisotopic (exact) mass is 209 g/mol. The summed E-state index contributed by atoms with van der Waals surface area (Å²) in [4.78, 5) is 21.3. The van der Waals surface area contributed by atoms with Crippen LogP contribution in [0.2, 0.25) is 0 Å². The Labute approximate surface area is 81.5 Å². The van der Waals surface area contributed by atoms with Crippen molar-refractivity contribution >= 4 is 37.1 Å². The normalized spacial score (nSPS) is 14.9. The SMILES string of the molecule is C[C@H](S)C(=O)NC(CS)C(=O)O. The van der Waals surface area contributed by atoms with Crippen molar-refractivity contribution in [1.29, 1.82) is 0 Å². The molecule has 6 heteroatoms. The van der Waals surface area contributed by atoms with Crippen LogP contribution >= 0.6 is 25.3 Å². The van der Waals surface area contributed by atoms with E-state index in [-0.39, 0.29) is 5.75 Å². The molecule has 0 aliphatic rings. The molecule has 4 nitrogen and oxygen atoms in total. The van der Waals surface area contributed by atoms with Gasteiger partial charge in [0.1, 0.15) is 6.04 Å². The average Bonchev–Trinajstić information content (AvgIpc) is 1.98. The summed E-state index contributed by atoms with van der Waals surface area (Å²) in [5.74, 6) is -1.42. The number of carboxylic acids is 1. The van der Waals surface area contributed by atoms with E-state index in [0.717, 1.165) is 0 Å². The molecule has 2 N–H and O–H groups in total. The highest BCUT2D eigenvalue weighted by Gasteiger charge is 2.19. The van der Waals surface area contributed by atoms with Crippen molar-refractivity contribution in [2.75, 3.05) is 5.75 Å². The molecule has 0 saturated heterocycles. The Morgan fingerprint density at radius 3 is 2.33 bits per heavy atom. The van der Waals surface area contributed by atoms with Crippen molar-refractivity contribution in [2.45, 2.75) is 18.2 Å². The van der Waals surface area contributed by atoms with Crippen LogP contribution in [-0.2, 0) is 9.59 Å². The summed E-state index contributed by atoms with van der Waals surface area (Å²) in [6.07, 6.45) is 0. The van der Waals surface area contributed by atoms with Crippen LogP contribution in [0, 0.1) is 0 Å². The summed E-state index contributed by atoms with van der Waals surface area (Å²) in [6, 6.07) is -0.935. The Hall–Kier alpha value is -0.360. The number of hydrogen-bond donors (Lipinski definition) is 4. The number of nitrogens with one attached hydrogen (secondary N) is 1. The van der Waals surface area contributed by atoms with Gasteiger partial charge in [0.2, 0.25) is 5.91 Å². The molecule has 0 radical (unpaired) electrons. The molecule has 0 heterocycles. The number of aliphatic carboxylic acids is 1. The first kappa shape index (κ1) is 11.6. The molecule has 0 rings (SSSR count). The molecule has 0 aromatic rings. The van der Waals surface area contributed by atoms with E-state index in [2.05, 4.69) is 30.6 Å². The molecule has 70 valence electrons. The van der Waals surface area contributed by atoms with Gasteiger partial charge < -0.3 is 10.4 Å². The predicted octanol–water partition coefficient (Wildman–Crippen LogP) is -0.196. The largest absolute Gasteiger partial charge is 0.480 e. The lowest BCUT2D eigenvalue weighted by Crippen LogP contribution is -2.44. The zero-order valence-corrected chi connectivity index (χ0v) is 8.31. The van der Waals surface area contributed by atoms with Crippen LogP contribution in [-0.4, -0.2) is 34.0 Å². The number of amides is 1. The number of carbonyl (C=O) groups is 2. The number of carboxylic acid groups (broad SMARTS) is 1. The Morgan fingerprint density at radius 2 is 2.08 bits per heavy atom. The molecule has 1 amide bonds. The van der Waals surface area contributed by atoms with Crippen LogP contribution in [0.3, 0.4) is 0 Å². The zero-order chi connectivity index (χ0) is 9.72. The smallest absolute Gasteiger partial charge is 0.327 e. The van der Waals surface area contributed by atoms with Gasteiger partial charge >= 0.3 is 5.97 Å². The fourth-order valence-corrected chi connectivity index (χ4v) is 0.800. The van der Waals surface area contributed by atoms with Crippen LogP contribution in [0.15, 0.2) is 0 Å². The van der Waals surface area contributed by atoms with E-state index in [1.54, 1.807) is 6.92 Å². The minimum atomic E-state index is -1.09. The van der Waals surface area contributed by atoms with E-state index in [1.165, 1.54) is 0 Å². The summed E-state index contributed by atoms with van der Waals surface area (Å²) >= 11 is 7.62. The number of carbonyl (C=O) groups excluding carboxylic acids is 1. The van der Waals surface area contributed by atoms with Crippen molar-refractivity contribution < 1.29 is 14.7 Å². The molecule has 0 saturated carbocycles. The van der Waals surface area contributed by atoms with Crippen molar-refractivity contribution in [3.8, 4) is 0 Å². The second-order valence-corrected chi connectivity index (χ2v) is 3.40. The molecule has 2 atom stereocenters. The van der Waals surface area contributed by atoms with Gasteiger partial charge in [-0.25, -0.2) is 4.79 Å². The molecule has 0 bridgehead atoms. The second-order valence-electron chi connectivity index (χ2n) is 2.26. The van der Waals surface area contributed by atoms with Crippen molar-refractivity contribution in [2.24, 2.45) is 0 Å². The average molecular weight is 209 g/mol. The molecular formula is C6H11NO3S2. The summed E-state index contributed by atoms with van der Waals surface area (Å²) in [7, 11) is 0. The molecule has 0 aliphatic heterocycles. The molecule has 0 spiro atoms. The number of rotatable bonds is 4. The number of hydrogen-bond acceptors (Lipinski definition) is 4. The minimum Gasteiger partial charge on any atom is -0.480 e. The third-order valence-electron chi connectivity index (χ3n) is 1.18. The molecule has 0 aromatic carbocycles. The highest BCUT2D eigenvalue weighted by atomic mass is 32.1. The summed E-state index contributed by atoms with van der Waals surface area (Å²) < 4.78 is 0. The molecule has 0 aromatic heterocycles. The van der Waals surface area contributed by atoms with Crippen LogP contribution in [0.5, 0.6) is 0 Å². The van der Waals surface area contributed by atoms with E-state index >= 15 is 0 Å². The van der Waals surface area contributed by atoms with Gasteiger partial charge in [-0.05, 0) is 6.92 Å². The van der Waals surface area contributed by atoms with E-state index < -0.39 is 23.2 Å². The van der Waals surface area contributed by atoms with Gasteiger partial charge in [0, 0.05) is 5.75 Å². The maximum Gasteiger partial charge on any atom is 0.327 e. The van der Waals surface area contributed by atoms with E-state index in [1.807, 2.05) is 0 Å². The highest BCUT2D eigenvalue weighted by molar-refractivity contribution is 7.81. The fourth-order valence-electron chi connectivity index (χ4n) is 0.478. The van der Waals surface area contributed by atoms with Gasteiger partial charge in [-0.1, -0.05) is 0 Å². The third-order valence-corrected chi connectivity index (χ3v) is 1.78. The van der Waals surface area contributed by atoms with Gasteiger partial charge in [-0.2, -0.15) is 25.3 Å². The Bertz CT molecular complexity index is 184. The highest BCUT2D eigenvalue weighted by Crippen LogP contribution is 1.95. The van der Waals surface area contributed by atoms with Gasteiger partial charge in [-0.15, -0.1) is 0 Å². The van der Waals surface area contributed by atoms with Gasteiger partial charge in [0.25, 0.3) is 0 Å². The van der Waals surface area contributed by atoms with Gasteiger partial charge in [0.05, 0.1) is 5.25 Å². The standard InChI is InChI=1S/C6H11NO3S2/c1-3(12)5(8)7-4(2-11)6(9)10/h3-4,11-12H,2H2,1H3,(H,7,8)(H,9,10)/t3-,4?/m0/s1. The molecule has 12 heavy (non-hydrogen) atoms. The number of thiol groups is 2. The summed E-state index contributed by atoms with van der Waals surface area (Å²) in [5.41, 5.74) is 0. The van der Waals surface area contributed by atoms with E-state index in [0.29, 0.717) is 0 Å². The zero-order valence-electron chi connectivity index (χ0n) is 6.52. The molecule has 0 aliphatic carbocycles. The predicted molar refractivity (Wildman–Crippen MR) is 51.9 cm³/mol.